The predicted octanol–water partition coefficient (Wildman–Crippen LogP) is 5.59. The molecule has 4 rings (SSSR count). The van der Waals surface area contributed by atoms with Crippen LogP contribution in [0.2, 0.25) is 5.02 Å². The minimum absolute atomic E-state index is 0.193. The zero-order valence-corrected chi connectivity index (χ0v) is 16.3. The summed E-state index contributed by atoms with van der Waals surface area (Å²) in [5.74, 6) is 1.21. The third kappa shape index (κ3) is 4.37. The van der Waals surface area contributed by atoms with E-state index < -0.39 is 0 Å². The first-order valence-corrected chi connectivity index (χ1v) is 10.2. The number of hydrogen-bond donors (Lipinski definition) is 0. The van der Waals surface area contributed by atoms with E-state index in [2.05, 4.69) is 9.89 Å². The molecule has 0 bridgehead atoms. The Balaban J connectivity index is 1.48. The van der Waals surface area contributed by atoms with Crippen molar-refractivity contribution in [3.63, 3.8) is 0 Å². The van der Waals surface area contributed by atoms with Crippen molar-refractivity contribution in [3.8, 4) is 11.5 Å². The summed E-state index contributed by atoms with van der Waals surface area (Å²) in [6, 6.07) is 15.0. The average Bonchev–Trinajstić information content (AvgIpc) is 3.06. The van der Waals surface area contributed by atoms with E-state index in [1.54, 1.807) is 6.07 Å². The number of piperidine rings is 1. The maximum Gasteiger partial charge on any atom is 0.286 e. The summed E-state index contributed by atoms with van der Waals surface area (Å²) in [4.78, 5) is 19.3. The van der Waals surface area contributed by atoms with Crippen LogP contribution in [0.25, 0.3) is 6.08 Å². The molecule has 0 radical (unpaired) electrons. The average molecular weight is 399 g/mol. The molecule has 1 saturated heterocycles. The summed E-state index contributed by atoms with van der Waals surface area (Å²) in [7, 11) is 0. The van der Waals surface area contributed by atoms with Gasteiger partial charge in [-0.1, -0.05) is 29.8 Å². The fourth-order valence-electron chi connectivity index (χ4n) is 3.07. The van der Waals surface area contributed by atoms with E-state index in [1.165, 1.54) is 18.2 Å². The van der Waals surface area contributed by atoms with E-state index in [9.17, 15) is 4.79 Å². The van der Waals surface area contributed by atoms with Crippen LogP contribution >= 0.6 is 23.4 Å². The smallest absolute Gasteiger partial charge is 0.286 e. The van der Waals surface area contributed by atoms with Crippen LogP contribution in [0.1, 0.15) is 24.8 Å². The molecule has 0 N–H and O–H groups in total. The second kappa shape index (κ2) is 8.19. The zero-order valence-electron chi connectivity index (χ0n) is 14.7. The molecule has 0 atom stereocenters. The Morgan fingerprint density at radius 3 is 2.56 bits per heavy atom. The van der Waals surface area contributed by atoms with Gasteiger partial charge in [-0.2, -0.15) is 4.99 Å². The number of amides is 1. The number of para-hydroxylation sites is 1. The highest BCUT2D eigenvalue weighted by atomic mass is 35.5. The lowest BCUT2D eigenvalue weighted by Crippen LogP contribution is -2.33. The number of carbonyl (C=O) groups is 1. The van der Waals surface area contributed by atoms with Gasteiger partial charge in [-0.25, -0.2) is 0 Å². The molecule has 0 aliphatic carbocycles. The van der Waals surface area contributed by atoms with Crippen LogP contribution in [-0.4, -0.2) is 29.1 Å². The first-order chi connectivity index (χ1) is 13.2. The minimum Gasteiger partial charge on any atom is -0.457 e. The molecule has 2 aliphatic rings. The Bertz CT molecular complexity index is 906. The fourth-order valence-corrected chi connectivity index (χ4v) is 4.25. The molecule has 0 unspecified atom stereocenters. The van der Waals surface area contributed by atoms with E-state index in [4.69, 9.17) is 16.3 Å². The molecule has 6 heteroatoms. The third-order valence-electron chi connectivity index (χ3n) is 4.47. The van der Waals surface area contributed by atoms with Gasteiger partial charge in [0.2, 0.25) is 0 Å². The number of aliphatic imine (C=N–C) groups is 1. The summed E-state index contributed by atoms with van der Waals surface area (Å²) >= 11 is 7.85. The fraction of sp³-hybridized carbons (Fsp3) is 0.238. The molecule has 2 aliphatic heterocycles. The molecule has 1 amide bonds. The Kier molecular flexibility index (Phi) is 5.50. The van der Waals surface area contributed by atoms with Crippen LogP contribution in [0.3, 0.4) is 0 Å². The second-order valence-electron chi connectivity index (χ2n) is 6.46. The van der Waals surface area contributed by atoms with Crippen LogP contribution in [0.4, 0.5) is 0 Å². The Morgan fingerprint density at radius 2 is 1.81 bits per heavy atom. The van der Waals surface area contributed by atoms with E-state index >= 15 is 0 Å². The molecule has 0 spiro atoms. The molecule has 0 saturated carbocycles. The highest BCUT2D eigenvalue weighted by Crippen LogP contribution is 2.34. The number of ether oxygens (including phenoxy) is 1. The molecule has 138 valence electrons. The molecule has 2 aromatic carbocycles. The van der Waals surface area contributed by atoms with Crippen molar-refractivity contribution in [2.45, 2.75) is 19.3 Å². The van der Waals surface area contributed by atoms with Gasteiger partial charge in [0.25, 0.3) is 5.91 Å². The highest BCUT2D eigenvalue weighted by Gasteiger charge is 2.27. The van der Waals surface area contributed by atoms with Crippen molar-refractivity contribution >= 4 is 40.5 Å². The van der Waals surface area contributed by atoms with E-state index in [1.807, 2.05) is 48.5 Å². The van der Waals surface area contributed by atoms with E-state index in [-0.39, 0.29) is 5.91 Å². The lowest BCUT2D eigenvalue weighted by molar-refractivity contribution is -0.113. The largest absolute Gasteiger partial charge is 0.457 e. The van der Waals surface area contributed by atoms with Crippen molar-refractivity contribution < 1.29 is 9.53 Å². The predicted molar refractivity (Wildman–Crippen MR) is 111 cm³/mol. The van der Waals surface area contributed by atoms with Gasteiger partial charge < -0.3 is 9.64 Å². The number of nitrogens with zero attached hydrogens (tertiary/aromatic N) is 2. The van der Waals surface area contributed by atoms with Crippen LogP contribution in [0.15, 0.2) is 58.4 Å². The molecule has 2 aromatic rings. The number of likely N-dealkylation sites (tertiary alicyclic amines) is 1. The Hall–Kier alpha value is -2.24. The first-order valence-electron chi connectivity index (χ1n) is 8.99. The highest BCUT2D eigenvalue weighted by molar-refractivity contribution is 8.18. The van der Waals surface area contributed by atoms with Gasteiger partial charge in [0.05, 0.1) is 9.93 Å². The van der Waals surface area contributed by atoms with Gasteiger partial charge in [0.1, 0.15) is 11.5 Å². The number of thioether (sulfide) groups is 1. The molecule has 4 nitrogen and oxygen atoms in total. The van der Waals surface area contributed by atoms with Crippen LogP contribution in [0, 0.1) is 0 Å². The van der Waals surface area contributed by atoms with Crippen LogP contribution in [-0.2, 0) is 4.79 Å². The molecule has 1 fully saturated rings. The maximum absolute atomic E-state index is 12.3. The van der Waals surface area contributed by atoms with Gasteiger partial charge in [-0.3, -0.25) is 4.79 Å². The minimum atomic E-state index is -0.193. The monoisotopic (exact) mass is 398 g/mol. The quantitative estimate of drug-likeness (QED) is 0.632. The van der Waals surface area contributed by atoms with Crippen molar-refractivity contribution in [2.24, 2.45) is 4.99 Å². The van der Waals surface area contributed by atoms with E-state index in [0.29, 0.717) is 15.7 Å². The standard InChI is InChI=1S/C21H19ClN2O2S/c22-18-14-17(26-16-7-3-1-4-8-16)10-9-15(18)13-19-20(25)23-21(27-19)24-11-5-2-6-12-24/h1,3-4,7-10,13-14H,2,5-6,11-12H2. The van der Waals surface area contributed by atoms with Gasteiger partial charge in [0, 0.05) is 13.1 Å². The SMILES string of the molecule is O=C1N=C(N2CCCCC2)SC1=Cc1ccc(Oc2ccccc2)cc1Cl. The number of halogens is 1. The van der Waals surface area contributed by atoms with Crippen LogP contribution < -0.4 is 4.74 Å². The summed E-state index contributed by atoms with van der Waals surface area (Å²) in [5.41, 5.74) is 0.781. The molecule has 27 heavy (non-hydrogen) atoms. The first kappa shape index (κ1) is 18.1. The van der Waals surface area contributed by atoms with Crippen molar-refractivity contribution in [3.05, 3.63) is 64.0 Å². The number of amidine groups is 1. The summed E-state index contributed by atoms with van der Waals surface area (Å²) < 4.78 is 5.80. The molecular formula is C21H19ClN2O2S. The zero-order chi connectivity index (χ0) is 18.6. The number of hydrogen-bond acceptors (Lipinski definition) is 4. The normalized spacial score (nSPS) is 18.7. The topological polar surface area (TPSA) is 41.9 Å². The van der Waals surface area contributed by atoms with Crippen LogP contribution in [0.5, 0.6) is 11.5 Å². The van der Waals surface area contributed by atoms with Crippen molar-refractivity contribution in [1.82, 2.24) is 4.90 Å². The number of benzene rings is 2. The van der Waals surface area contributed by atoms with Gasteiger partial charge in [-0.15, -0.1) is 0 Å². The third-order valence-corrected chi connectivity index (χ3v) is 5.84. The maximum atomic E-state index is 12.3. The van der Waals surface area contributed by atoms with Gasteiger partial charge in [0.15, 0.2) is 5.17 Å². The number of rotatable bonds is 3. The molecular weight excluding hydrogens is 380 g/mol. The summed E-state index contributed by atoms with van der Waals surface area (Å²) in [5, 5.41) is 1.35. The lowest BCUT2D eigenvalue weighted by Gasteiger charge is -2.27. The summed E-state index contributed by atoms with van der Waals surface area (Å²) in [6.07, 6.45) is 5.36. The van der Waals surface area contributed by atoms with Gasteiger partial charge in [-0.05, 0) is 73.0 Å². The lowest BCUT2D eigenvalue weighted by atomic mass is 10.1. The Morgan fingerprint density at radius 1 is 1.04 bits per heavy atom. The molecule has 0 aromatic heterocycles. The molecule has 2 heterocycles. The second-order valence-corrected chi connectivity index (χ2v) is 7.87. The Labute approximate surface area is 167 Å². The van der Waals surface area contributed by atoms with E-state index in [0.717, 1.165) is 42.4 Å². The van der Waals surface area contributed by atoms with Crippen molar-refractivity contribution in [1.29, 1.82) is 0 Å². The van der Waals surface area contributed by atoms with Gasteiger partial charge >= 0.3 is 0 Å². The number of carbonyl (C=O) groups excluding carboxylic acids is 1. The summed E-state index contributed by atoms with van der Waals surface area (Å²) in [6.45, 7) is 1.94. The van der Waals surface area contributed by atoms with Crippen molar-refractivity contribution in [2.75, 3.05) is 13.1 Å².